The van der Waals surface area contributed by atoms with E-state index in [2.05, 4.69) is 11.7 Å². The molecule has 0 saturated carbocycles. The number of hydrogen-bond donors (Lipinski definition) is 2. The average molecular weight is 139 g/mol. The lowest BCUT2D eigenvalue weighted by Gasteiger charge is -1.70. The molecular weight excluding hydrogens is 130 g/mol. The Bertz CT molecular complexity index is 129. The predicted molar refractivity (Wildman–Crippen MR) is 31.6 cm³/mol. The summed E-state index contributed by atoms with van der Waals surface area (Å²) in [7, 11) is -4.17. The lowest BCUT2D eigenvalue weighted by Crippen LogP contribution is -2.08. The Labute approximate surface area is 48.9 Å². The van der Waals surface area contributed by atoms with Crippen molar-refractivity contribution in [1.82, 2.24) is 0 Å². The quantitative estimate of drug-likeness (QED) is 0.364. The van der Waals surface area contributed by atoms with Gasteiger partial charge in [0.15, 0.2) is 0 Å². The molecule has 0 rings (SSSR count). The van der Waals surface area contributed by atoms with E-state index in [1.54, 1.807) is 6.08 Å². The van der Waals surface area contributed by atoms with Crippen LogP contribution in [-0.2, 0) is 10.3 Å². The van der Waals surface area contributed by atoms with Crippen LogP contribution in [0.15, 0.2) is 12.7 Å². The van der Waals surface area contributed by atoms with Gasteiger partial charge in [-0.15, -0.1) is 6.58 Å². The molecule has 3 N–H and O–H groups in total. The minimum atomic E-state index is -4.17. The summed E-state index contributed by atoms with van der Waals surface area (Å²) in [6.45, 7) is 5.25. The van der Waals surface area contributed by atoms with Gasteiger partial charge in [-0.3, -0.25) is 4.55 Å². The average Bonchev–Trinajstić information content (AvgIpc) is 1.27. The Balaban J connectivity index is 0. The lowest BCUT2D eigenvalue weighted by atomic mass is 10.8. The molecule has 50 valence electrons. The Morgan fingerprint density at radius 2 is 1.75 bits per heavy atom. The van der Waals surface area contributed by atoms with Gasteiger partial charge in [-0.1, -0.05) is 6.08 Å². The molecule has 0 heterocycles. The molecule has 0 aromatic rings. The molecular formula is C3H9NO3S. The fraction of sp³-hybridized carbons (Fsp3) is 0.333. The lowest BCUT2D eigenvalue weighted by molar-refractivity contribution is 0.485. The standard InChI is InChI=1S/C3H6.H3NO3S/c1-3-2;1-5(2,3)4/h3H,1H2,2H3;(H3,1,2,3,4). The molecule has 0 radical (unpaired) electrons. The van der Waals surface area contributed by atoms with Crippen LogP contribution in [0.1, 0.15) is 6.92 Å². The molecule has 5 heteroatoms. The molecule has 0 unspecified atom stereocenters. The van der Waals surface area contributed by atoms with Crippen molar-refractivity contribution >= 4 is 10.3 Å². The molecule has 0 aliphatic carbocycles. The third kappa shape index (κ3) is 784. The fourth-order valence-electron chi connectivity index (χ4n) is 0. The fourth-order valence-corrected chi connectivity index (χ4v) is 0. The summed E-state index contributed by atoms with van der Waals surface area (Å²) in [5, 5.41) is 3.88. The van der Waals surface area contributed by atoms with Crippen molar-refractivity contribution in [2.45, 2.75) is 6.92 Å². The molecule has 0 aliphatic heterocycles. The van der Waals surface area contributed by atoms with Crippen LogP contribution >= 0.6 is 0 Å². The molecule has 0 bridgehead atoms. The van der Waals surface area contributed by atoms with E-state index in [1.165, 1.54) is 0 Å². The molecule has 8 heavy (non-hydrogen) atoms. The molecule has 0 fully saturated rings. The second kappa shape index (κ2) is 4.76. The summed E-state index contributed by atoms with van der Waals surface area (Å²) < 4.78 is 25.2. The first-order valence-electron chi connectivity index (χ1n) is 1.74. The summed E-state index contributed by atoms with van der Waals surface area (Å²) in [5.41, 5.74) is 0. The first-order chi connectivity index (χ1) is 3.41. The van der Waals surface area contributed by atoms with Gasteiger partial charge in [0.05, 0.1) is 0 Å². The van der Waals surface area contributed by atoms with Gasteiger partial charge in [-0.2, -0.15) is 8.42 Å². The van der Waals surface area contributed by atoms with Crippen molar-refractivity contribution < 1.29 is 13.0 Å². The van der Waals surface area contributed by atoms with E-state index in [4.69, 9.17) is 13.0 Å². The highest BCUT2D eigenvalue weighted by Crippen LogP contribution is 1.50. The maximum Gasteiger partial charge on any atom is 0.330 e. The van der Waals surface area contributed by atoms with Crippen LogP contribution in [0.4, 0.5) is 0 Å². The van der Waals surface area contributed by atoms with Crippen molar-refractivity contribution in [3.63, 3.8) is 0 Å². The van der Waals surface area contributed by atoms with Crippen molar-refractivity contribution in [2.75, 3.05) is 0 Å². The molecule has 0 aromatic heterocycles. The van der Waals surface area contributed by atoms with E-state index in [9.17, 15) is 0 Å². The normalized spacial score (nSPS) is 8.88. The maximum absolute atomic E-state index is 8.97. The zero-order chi connectivity index (χ0) is 7.21. The van der Waals surface area contributed by atoms with Gasteiger partial charge < -0.3 is 0 Å². The summed E-state index contributed by atoms with van der Waals surface area (Å²) in [5.74, 6) is 0. The molecule has 0 aliphatic rings. The minimum Gasteiger partial charge on any atom is -0.274 e. The highest BCUT2D eigenvalue weighted by molar-refractivity contribution is 7.83. The molecule has 0 spiro atoms. The third-order valence-electron chi connectivity index (χ3n) is 0. The van der Waals surface area contributed by atoms with E-state index in [-0.39, 0.29) is 0 Å². The van der Waals surface area contributed by atoms with Crippen molar-refractivity contribution in [3.8, 4) is 0 Å². The first kappa shape index (κ1) is 10.6. The monoisotopic (exact) mass is 139 g/mol. The molecule has 0 amide bonds. The van der Waals surface area contributed by atoms with Crippen molar-refractivity contribution in [2.24, 2.45) is 5.14 Å². The Morgan fingerprint density at radius 3 is 1.75 bits per heavy atom. The minimum absolute atomic E-state index is 1.75. The number of allylic oxidation sites excluding steroid dienone is 1. The Morgan fingerprint density at radius 1 is 1.75 bits per heavy atom. The second-order valence-corrected chi connectivity index (χ2v) is 1.95. The van der Waals surface area contributed by atoms with Gasteiger partial charge >= 0.3 is 10.3 Å². The molecule has 0 saturated heterocycles. The third-order valence-corrected chi connectivity index (χ3v) is 0. The van der Waals surface area contributed by atoms with Crippen LogP contribution in [0.5, 0.6) is 0 Å². The molecule has 0 aromatic carbocycles. The van der Waals surface area contributed by atoms with Crippen LogP contribution < -0.4 is 5.14 Å². The Kier molecular flexibility index (Phi) is 6.29. The van der Waals surface area contributed by atoms with Crippen molar-refractivity contribution in [3.05, 3.63) is 12.7 Å². The van der Waals surface area contributed by atoms with Crippen LogP contribution in [0.3, 0.4) is 0 Å². The van der Waals surface area contributed by atoms with Gasteiger partial charge in [0.25, 0.3) is 0 Å². The topological polar surface area (TPSA) is 80.4 Å². The van der Waals surface area contributed by atoms with Crippen LogP contribution in [0, 0.1) is 0 Å². The largest absolute Gasteiger partial charge is 0.330 e. The summed E-state index contributed by atoms with van der Waals surface area (Å²) >= 11 is 0. The van der Waals surface area contributed by atoms with E-state index in [0.717, 1.165) is 0 Å². The smallest absolute Gasteiger partial charge is 0.274 e. The predicted octanol–water partition coefficient (Wildman–Crippen LogP) is -0.0598. The number of rotatable bonds is 0. The van der Waals surface area contributed by atoms with Crippen molar-refractivity contribution in [1.29, 1.82) is 0 Å². The van der Waals surface area contributed by atoms with Gasteiger partial charge in [0.2, 0.25) is 0 Å². The van der Waals surface area contributed by atoms with Crippen LogP contribution in [0.25, 0.3) is 0 Å². The van der Waals surface area contributed by atoms with E-state index >= 15 is 0 Å². The highest BCUT2D eigenvalue weighted by atomic mass is 32.2. The second-order valence-electron chi connectivity index (χ2n) is 0.923. The number of nitrogens with two attached hydrogens (primary N) is 1. The zero-order valence-electron chi connectivity index (χ0n) is 4.53. The van der Waals surface area contributed by atoms with Gasteiger partial charge in [0.1, 0.15) is 0 Å². The zero-order valence-corrected chi connectivity index (χ0v) is 5.35. The van der Waals surface area contributed by atoms with E-state index < -0.39 is 10.3 Å². The van der Waals surface area contributed by atoms with Crippen LogP contribution in [0.2, 0.25) is 0 Å². The van der Waals surface area contributed by atoms with Gasteiger partial charge in [0, 0.05) is 0 Å². The molecule has 0 atom stereocenters. The highest BCUT2D eigenvalue weighted by Gasteiger charge is 1.81. The van der Waals surface area contributed by atoms with Gasteiger partial charge in [-0.05, 0) is 6.92 Å². The summed E-state index contributed by atoms with van der Waals surface area (Å²) in [6, 6.07) is 0. The SMILES string of the molecule is C=CC.NS(=O)(=O)O. The number of hydrogen-bond acceptors (Lipinski definition) is 2. The van der Waals surface area contributed by atoms with E-state index in [1.807, 2.05) is 6.92 Å². The van der Waals surface area contributed by atoms with E-state index in [0.29, 0.717) is 0 Å². The van der Waals surface area contributed by atoms with Crippen LogP contribution in [-0.4, -0.2) is 13.0 Å². The first-order valence-corrected chi connectivity index (χ1v) is 3.24. The Hall–Kier alpha value is -0.390. The van der Waals surface area contributed by atoms with Gasteiger partial charge in [-0.25, -0.2) is 5.14 Å². The summed E-state index contributed by atoms with van der Waals surface area (Å²) in [4.78, 5) is 0. The maximum atomic E-state index is 8.97. The molecule has 4 nitrogen and oxygen atoms in total. The summed E-state index contributed by atoms with van der Waals surface area (Å²) in [6.07, 6.45) is 1.75.